The summed E-state index contributed by atoms with van der Waals surface area (Å²) in [5, 5.41) is 11.6. The van der Waals surface area contributed by atoms with Gasteiger partial charge in [-0.2, -0.15) is 5.26 Å². The Balaban J connectivity index is 1.41. The van der Waals surface area contributed by atoms with E-state index < -0.39 is 0 Å². The quantitative estimate of drug-likeness (QED) is 0.881. The molecule has 4 rings (SSSR count). The number of aromatic nitrogens is 2. The number of amides is 3. The molecular formula is C20H20N6O2. The molecule has 2 aliphatic heterocycles. The molecule has 0 atom stereocenters. The van der Waals surface area contributed by atoms with Crippen molar-refractivity contribution in [1.82, 2.24) is 15.3 Å². The molecule has 1 aromatic heterocycles. The Bertz CT molecular complexity index is 928. The highest BCUT2D eigenvalue weighted by Crippen LogP contribution is 2.31. The van der Waals surface area contributed by atoms with Crippen molar-refractivity contribution in [2.24, 2.45) is 0 Å². The molecule has 28 heavy (non-hydrogen) atoms. The van der Waals surface area contributed by atoms with Crippen molar-refractivity contribution < 1.29 is 9.59 Å². The van der Waals surface area contributed by atoms with Gasteiger partial charge in [0, 0.05) is 31.7 Å². The molecule has 8 nitrogen and oxygen atoms in total. The summed E-state index contributed by atoms with van der Waals surface area (Å²) < 4.78 is 0. The van der Waals surface area contributed by atoms with Crippen LogP contribution in [0.25, 0.3) is 0 Å². The Hall–Kier alpha value is -3.47. The lowest BCUT2D eigenvalue weighted by Crippen LogP contribution is -2.49. The first-order chi connectivity index (χ1) is 13.7. The van der Waals surface area contributed by atoms with Gasteiger partial charge in [0.05, 0.1) is 6.20 Å². The zero-order valence-electron chi connectivity index (χ0n) is 15.3. The largest absolute Gasteiger partial charge is 0.355 e. The number of nitrogens with one attached hydrogen (secondary N) is 1. The van der Waals surface area contributed by atoms with Gasteiger partial charge in [0.1, 0.15) is 23.8 Å². The van der Waals surface area contributed by atoms with E-state index in [0.717, 1.165) is 31.6 Å². The molecule has 0 bridgehead atoms. The second-order valence-corrected chi connectivity index (χ2v) is 6.98. The molecular weight excluding hydrogens is 356 g/mol. The van der Waals surface area contributed by atoms with Crippen molar-refractivity contribution in [3.05, 3.63) is 47.9 Å². The number of nitriles is 1. The molecule has 2 aliphatic rings. The minimum absolute atomic E-state index is 0.229. The van der Waals surface area contributed by atoms with Crippen LogP contribution in [0.15, 0.2) is 36.8 Å². The van der Waals surface area contributed by atoms with Crippen LogP contribution in [0.5, 0.6) is 0 Å². The number of carbonyl (C=O) groups excluding carboxylic acids is 2. The molecule has 0 radical (unpaired) electrons. The van der Waals surface area contributed by atoms with Crippen LogP contribution < -0.4 is 15.1 Å². The minimum atomic E-state index is -0.365. The maximum atomic E-state index is 12.0. The predicted octanol–water partition coefficient (Wildman–Crippen LogP) is 2.18. The van der Waals surface area contributed by atoms with Crippen LogP contribution in [0.1, 0.15) is 36.3 Å². The minimum Gasteiger partial charge on any atom is -0.355 e. The Morgan fingerprint density at radius 3 is 2.54 bits per heavy atom. The summed E-state index contributed by atoms with van der Waals surface area (Å²) in [6, 6.07) is 9.79. The van der Waals surface area contributed by atoms with E-state index in [1.165, 1.54) is 11.9 Å². The highest BCUT2D eigenvalue weighted by atomic mass is 16.2. The second kappa shape index (κ2) is 7.64. The number of rotatable bonds is 3. The zero-order chi connectivity index (χ0) is 19.5. The molecule has 3 amide bonds. The SMILES string of the molecule is N#Cc1cncnc1N1CCC(c2ccc(N3CCC(=O)NC3=O)cc2)CC1. The molecule has 0 saturated carbocycles. The molecule has 142 valence electrons. The first-order valence-corrected chi connectivity index (χ1v) is 9.32. The van der Waals surface area contributed by atoms with Crippen LogP contribution in [0.3, 0.4) is 0 Å². The van der Waals surface area contributed by atoms with Gasteiger partial charge in [0.2, 0.25) is 5.91 Å². The Morgan fingerprint density at radius 2 is 1.86 bits per heavy atom. The molecule has 2 aromatic rings. The Morgan fingerprint density at radius 1 is 1.11 bits per heavy atom. The number of nitrogens with zero attached hydrogens (tertiary/aromatic N) is 5. The first-order valence-electron chi connectivity index (χ1n) is 9.32. The lowest BCUT2D eigenvalue weighted by molar-refractivity contribution is -0.120. The van der Waals surface area contributed by atoms with E-state index in [9.17, 15) is 14.9 Å². The molecule has 3 heterocycles. The summed E-state index contributed by atoms with van der Waals surface area (Å²) in [6.45, 7) is 2.06. The summed E-state index contributed by atoms with van der Waals surface area (Å²) in [4.78, 5) is 35.2. The number of piperidine rings is 1. The molecule has 0 spiro atoms. The predicted molar refractivity (Wildman–Crippen MR) is 103 cm³/mol. The van der Waals surface area contributed by atoms with Crippen molar-refractivity contribution in [2.45, 2.75) is 25.2 Å². The lowest BCUT2D eigenvalue weighted by Gasteiger charge is -2.33. The van der Waals surface area contributed by atoms with Crippen LogP contribution >= 0.6 is 0 Å². The van der Waals surface area contributed by atoms with Crippen molar-refractivity contribution in [3.8, 4) is 6.07 Å². The average Bonchev–Trinajstić information content (AvgIpc) is 2.74. The Kier molecular flexibility index (Phi) is 4.89. The zero-order valence-corrected chi connectivity index (χ0v) is 15.3. The standard InChI is InChI=1S/C20H20N6O2/c21-11-16-12-22-13-23-19(16)25-8-5-15(6-9-25)14-1-3-17(4-2-14)26-10-7-18(27)24-20(26)28/h1-4,12-13,15H,5-10H2,(H,24,27,28). The van der Waals surface area contributed by atoms with E-state index in [1.54, 1.807) is 11.1 Å². The van der Waals surface area contributed by atoms with Crippen molar-refractivity contribution in [2.75, 3.05) is 29.4 Å². The molecule has 0 unspecified atom stereocenters. The fraction of sp³-hybridized carbons (Fsp3) is 0.350. The lowest BCUT2D eigenvalue weighted by atomic mass is 9.89. The highest BCUT2D eigenvalue weighted by Gasteiger charge is 2.26. The number of benzene rings is 1. The molecule has 8 heteroatoms. The highest BCUT2D eigenvalue weighted by molar-refractivity contribution is 6.05. The van der Waals surface area contributed by atoms with Gasteiger partial charge < -0.3 is 4.90 Å². The van der Waals surface area contributed by atoms with Gasteiger partial charge in [0.25, 0.3) is 0 Å². The van der Waals surface area contributed by atoms with Gasteiger partial charge in [-0.15, -0.1) is 0 Å². The molecule has 0 aliphatic carbocycles. The second-order valence-electron chi connectivity index (χ2n) is 6.98. The van der Waals surface area contributed by atoms with Gasteiger partial charge >= 0.3 is 6.03 Å². The van der Waals surface area contributed by atoms with Crippen LogP contribution in [0.2, 0.25) is 0 Å². The maximum Gasteiger partial charge on any atom is 0.328 e. The van der Waals surface area contributed by atoms with E-state index in [0.29, 0.717) is 30.3 Å². The third-order valence-corrected chi connectivity index (χ3v) is 5.34. The monoisotopic (exact) mass is 376 g/mol. The average molecular weight is 376 g/mol. The summed E-state index contributed by atoms with van der Waals surface area (Å²) in [7, 11) is 0. The summed E-state index contributed by atoms with van der Waals surface area (Å²) >= 11 is 0. The normalized spacial score (nSPS) is 18.0. The van der Waals surface area contributed by atoms with Gasteiger partial charge in [-0.3, -0.25) is 15.0 Å². The van der Waals surface area contributed by atoms with Gasteiger partial charge in [-0.1, -0.05) is 12.1 Å². The summed E-state index contributed by atoms with van der Waals surface area (Å²) in [5.74, 6) is 0.902. The van der Waals surface area contributed by atoms with Crippen molar-refractivity contribution in [3.63, 3.8) is 0 Å². The number of urea groups is 1. The van der Waals surface area contributed by atoms with E-state index >= 15 is 0 Å². The number of hydrogen-bond donors (Lipinski definition) is 1. The fourth-order valence-corrected chi connectivity index (χ4v) is 3.82. The number of imide groups is 1. The molecule has 1 aromatic carbocycles. The first kappa shape index (κ1) is 17.9. The van der Waals surface area contributed by atoms with Gasteiger partial charge in [-0.25, -0.2) is 14.8 Å². The van der Waals surface area contributed by atoms with Crippen LogP contribution in [0, 0.1) is 11.3 Å². The van der Waals surface area contributed by atoms with E-state index in [2.05, 4.69) is 38.4 Å². The van der Waals surface area contributed by atoms with E-state index in [4.69, 9.17) is 0 Å². The molecule has 2 saturated heterocycles. The van der Waals surface area contributed by atoms with Crippen LogP contribution in [0.4, 0.5) is 16.3 Å². The molecule has 2 fully saturated rings. The van der Waals surface area contributed by atoms with Crippen molar-refractivity contribution >= 4 is 23.4 Å². The van der Waals surface area contributed by atoms with Crippen LogP contribution in [-0.4, -0.2) is 41.5 Å². The van der Waals surface area contributed by atoms with Gasteiger partial charge in [0.15, 0.2) is 0 Å². The van der Waals surface area contributed by atoms with E-state index in [-0.39, 0.29) is 11.9 Å². The van der Waals surface area contributed by atoms with E-state index in [1.807, 2.05) is 12.1 Å². The molecule has 1 N–H and O–H groups in total. The fourth-order valence-electron chi connectivity index (χ4n) is 3.82. The van der Waals surface area contributed by atoms with Crippen LogP contribution in [-0.2, 0) is 4.79 Å². The van der Waals surface area contributed by atoms with Crippen molar-refractivity contribution in [1.29, 1.82) is 5.26 Å². The third kappa shape index (κ3) is 3.51. The Labute approximate surface area is 162 Å². The number of carbonyl (C=O) groups is 2. The topological polar surface area (TPSA) is 102 Å². The maximum absolute atomic E-state index is 12.0. The number of anilines is 2. The van der Waals surface area contributed by atoms with Gasteiger partial charge in [-0.05, 0) is 36.5 Å². The number of hydrogen-bond acceptors (Lipinski definition) is 6. The summed E-state index contributed by atoms with van der Waals surface area (Å²) in [6.07, 6.45) is 5.28. The summed E-state index contributed by atoms with van der Waals surface area (Å²) in [5.41, 5.74) is 2.54. The smallest absolute Gasteiger partial charge is 0.328 e. The third-order valence-electron chi connectivity index (χ3n) is 5.34.